The smallest absolute Gasteiger partial charge is 0.275 e. The zero-order valence-electron chi connectivity index (χ0n) is 8.41. The average Bonchev–Trinajstić information content (AvgIpc) is 2.88. The molecule has 1 amide bonds. The Bertz CT molecular complexity index is 471. The van der Waals surface area contributed by atoms with Crippen molar-refractivity contribution in [1.82, 2.24) is 19.7 Å². The zero-order valence-corrected chi connectivity index (χ0v) is 8.41. The summed E-state index contributed by atoms with van der Waals surface area (Å²) in [6.07, 6.45) is 6.01. The minimum atomic E-state index is -0.0962. The predicted octanol–water partition coefficient (Wildman–Crippen LogP) is 0.368. The van der Waals surface area contributed by atoms with Crippen molar-refractivity contribution < 1.29 is 9.21 Å². The van der Waals surface area contributed by atoms with Gasteiger partial charge >= 0.3 is 0 Å². The van der Waals surface area contributed by atoms with E-state index in [4.69, 9.17) is 4.42 Å². The maximum atomic E-state index is 11.8. The molecule has 1 aliphatic rings. The van der Waals surface area contributed by atoms with Gasteiger partial charge in [0.25, 0.3) is 5.91 Å². The summed E-state index contributed by atoms with van der Waals surface area (Å²) in [7, 11) is 0. The highest BCUT2D eigenvalue weighted by Crippen LogP contribution is 2.21. The number of carbonyl (C=O) groups excluding carboxylic acids is 1. The number of oxazole rings is 1. The van der Waals surface area contributed by atoms with E-state index in [1.54, 1.807) is 17.3 Å². The first kappa shape index (κ1) is 9.14. The topological polar surface area (TPSA) is 64.2 Å². The summed E-state index contributed by atoms with van der Waals surface area (Å²) in [5.74, 6) is -0.0962. The fraction of sp³-hybridized carbons (Fsp3) is 0.300. The third kappa shape index (κ3) is 1.39. The Hall–Kier alpha value is -2.11. The first-order valence-corrected chi connectivity index (χ1v) is 4.92. The monoisotopic (exact) mass is 217 g/mol. The van der Waals surface area contributed by atoms with E-state index in [1.165, 1.54) is 12.7 Å². The second kappa shape index (κ2) is 3.48. The number of nitrogens with zero attached hydrogens (tertiary/aromatic N) is 4. The SMILES string of the molecule is O=C(c1cocn1)N1CC(n2c[c]cn2)C1. The molecule has 0 aromatic carbocycles. The fourth-order valence-corrected chi connectivity index (χ4v) is 1.71. The van der Waals surface area contributed by atoms with Crippen LogP contribution >= 0.6 is 0 Å². The van der Waals surface area contributed by atoms with Crippen molar-refractivity contribution in [2.45, 2.75) is 6.04 Å². The largest absolute Gasteiger partial charge is 0.451 e. The number of hydrogen-bond acceptors (Lipinski definition) is 4. The Kier molecular flexibility index (Phi) is 1.99. The van der Waals surface area contributed by atoms with Crippen LogP contribution in [-0.2, 0) is 0 Å². The number of hydrogen-bond donors (Lipinski definition) is 0. The van der Waals surface area contributed by atoms with Gasteiger partial charge in [0.15, 0.2) is 12.1 Å². The summed E-state index contributed by atoms with van der Waals surface area (Å²) < 4.78 is 6.58. The molecule has 16 heavy (non-hydrogen) atoms. The van der Waals surface area contributed by atoms with Gasteiger partial charge in [0.2, 0.25) is 0 Å². The van der Waals surface area contributed by atoms with Crippen LogP contribution in [0.25, 0.3) is 0 Å². The molecule has 0 N–H and O–H groups in total. The number of aromatic nitrogens is 3. The van der Waals surface area contributed by atoms with E-state index in [9.17, 15) is 4.79 Å². The number of carbonyl (C=O) groups is 1. The van der Waals surface area contributed by atoms with E-state index in [-0.39, 0.29) is 11.9 Å². The summed E-state index contributed by atoms with van der Waals surface area (Å²) in [5, 5.41) is 4.08. The van der Waals surface area contributed by atoms with Crippen molar-refractivity contribution in [1.29, 1.82) is 0 Å². The standard InChI is InChI=1S/C10H9N4O2/c15-10(9-6-16-7-11-9)13-4-8(5-13)14-3-1-2-12-14/h2-3,6-8H,4-5H2. The molecule has 0 saturated carbocycles. The van der Waals surface area contributed by atoms with Crippen LogP contribution in [0, 0.1) is 6.07 Å². The predicted molar refractivity (Wildman–Crippen MR) is 52.5 cm³/mol. The normalized spacial score (nSPS) is 16.1. The van der Waals surface area contributed by atoms with Gasteiger partial charge in [0.1, 0.15) is 6.26 Å². The van der Waals surface area contributed by atoms with Crippen LogP contribution in [0.5, 0.6) is 0 Å². The molecule has 0 atom stereocenters. The molecule has 6 heteroatoms. The van der Waals surface area contributed by atoms with Crippen LogP contribution in [0.1, 0.15) is 16.5 Å². The van der Waals surface area contributed by atoms with Crippen LogP contribution < -0.4 is 0 Å². The van der Waals surface area contributed by atoms with Gasteiger partial charge in [-0.3, -0.25) is 9.48 Å². The molecule has 1 saturated heterocycles. The molecule has 2 aromatic heterocycles. The highest BCUT2D eigenvalue weighted by molar-refractivity contribution is 5.92. The first-order valence-electron chi connectivity index (χ1n) is 4.92. The lowest BCUT2D eigenvalue weighted by Gasteiger charge is -2.38. The fourth-order valence-electron chi connectivity index (χ4n) is 1.71. The van der Waals surface area contributed by atoms with Crippen molar-refractivity contribution >= 4 is 5.91 Å². The minimum Gasteiger partial charge on any atom is -0.451 e. The zero-order chi connectivity index (χ0) is 11.0. The van der Waals surface area contributed by atoms with Gasteiger partial charge in [-0.15, -0.1) is 0 Å². The molecular formula is C10H9N4O2. The van der Waals surface area contributed by atoms with Crippen LogP contribution in [0.4, 0.5) is 0 Å². The van der Waals surface area contributed by atoms with Crippen LogP contribution in [0.3, 0.4) is 0 Å². The van der Waals surface area contributed by atoms with Gasteiger partial charge in [-0.2, -0.15) is 5.10 Å². The molecule has 6 nitrogen and oxygen atoms in total. The van der Waals surface area contributed by atoms with E-state index in [2.05, 4.69) is 16.1 Å². The summed E-state index contributed by atoms with van der Waals surface area (Å²) in [5.41, 5.74) is 0.352. The molecule has 3 heterocycles. The first-order chi connectivity index (χ1) is 7.84. The second-order valence-corrected chi connectivity index (χ2v) is 3.66. The molecule has 3 rings (SSSR count). The quantitative estimate of drug-likeness (QED) is 0.729. The summed E-state index contributed by atoms with van der Waals surface area (Å²) in [4.78, 5) is 17.3. The van der Waals surface area contributed by atoms with Crippen molar-refractivity contribution in [3.63, 3.8) is 0 Å². The van der Waals surface area contributed by atoms with Crippen LogP contribution in [-0.4, -0.2) is 38.7 Å². The second-order valence-electron chi connectivity index (χ2n) is 3.66. The molecule has 2 aromatic rings. The van der Waals surface area contributed by atoms with Crippen molar-refractivity contribution in [2.24, 2.45) is 0 Å². The van der Waals surface area contributed by atoms with Crippen molar-refractivity contribution in [2.75, 3.05) is 13.1 Å². The Morgan fingerprint density at radius 2 is 2.44 bits per heavy atom. The van der Waals surface area contributed by atoms with E-state index in [1.807, 2.05) is 4.68 Å². The number of rotatable bonds is 2. The van der Waals surface area contributed by atoms with Gasteiger partial charge < -0.3 is 9.32 Å². The Morgan fingerprint density at radius 3 is 3.06 bits per heavy atom. The van der Waals surface area contributed by atoms with Gasteiger partial charge in [-0.25, -0.2) is 4.98 Å². The highest BCUT2D eigenvalue weighted by Gasteiger charge is 2.33. The minimum absolute atomic E-state index is 0.0962. The van der Waals surface area contributed by atoms with Crippen LogP contribution in [0.15, 0.2) is 29.5 Å². The Balaban J connectivity index is 1.64. The molecule has 81 valence electrons. The molecule has 1 aliphatic heterocycles. The van der Waals surface area contributed by atoms with Gasteiger partial charge in [-0.1, -0.05) is 0 Å². The van der Waals surface area contributed by atoms with Gasteiger partial charge in [0, 0.05) is 25.4 Å². The molecule has 1 radical (unpaired) electrons. The Labute approximate surface area is 91.5 Å². The van der Waals surface area contributed by atoms with Gasteiger partial charge in [-0.05, 0) is 0 Å². The lowest BCUT2D eigenvalue weighted by Crippen LogP contribution is -2.50. The maximum absolute atomic E-state index is 11.8. The Morgan fingerprint density at radius 1 is 1.56 bits per heavy atom. The number of amides is 1. The third-order valence-electron chi connectivity index (χ3n) is 2.65. The molecule has 1 fully saturated rings. The lowest BCUT2D eigenvalue weighted by atomic mass is 10.1. The number of likely N-dealkylation sites (tertiary alicyclic amines) is 1. The summed E-state index contributed by atoms with van der Waals surface area (Å²) >= 11 is 0. The molecule has 0 bridgehead atoms. The average molecular weight is 217 g/mol. The molecule has 0 aliphatic carbocycles. The van der Waals surface area contributed by atoms with E-state index in [0.717, 1.165) is 0 Å². The van der Waals surface area contributed by atoms with E-state index in [0.29, 0.717) is 18.8 Å². The van der Waals surface area contributed by atoms with Crippen molar-refractivity contribution in [3.05, 3.63) is 36.8 Å². The van der Waals surface area contributed by atoms with E-state index >= 15 is 0 Å². The molecule has 0 spiro atoms. The summed E-state index contributed by atoms with van der Waals surface area (Å²) in [6.45, 7) is 1.31. The lowest BCUT2D eigenvalue weighted by molar-refractivity contribution is 0.0495. The highest BCUT2D eigenvalue weighted by atomic mass is 16.3. The van der Waals surface area contributed by atoms with Crippen LogP contribution in [0.2, 0.25) is 0 Å². The molecule has 0 unspecified atom stereocenters. The summed E-state index contributed by atoms with van der Waals surface area (Å²) in [6, 6.07) is 3.12. The third-order valence-corrected chi connectivity index (χ3v) is 2.65. The van der Waals surface area contributed by atoms with Crippen molar-refractivity contribution in [3.8, 4) is 0 Å². The molecular weight excluding hydrogens is 208 g/mol. The van der Waals surface area contributed by atoms with E-state index < -0.39 is 0 Å². The van der Waals surface area contributed by atoms with Gasteiger partial charge in [0.05, 0.1) is 12.2 Å². The maximum Gasteiger partial charge on any atom is 0.275 e.